The minimum Gasteiger partial charge on any atom is -0.342 e. The third-order valence-corrected chi connectivity index (χ3v) is 3.69. The van der Waals surface area contributed by atoms with Crippen molar-refractivity contribution < 1.29 is 4.79 Å². The van der Waals surface area contributed by atoms with E-state index in [4.69, 9.17) is 0 Å². The smallest absolute Gasteiger partial charge is 0.225 e. The third-order valence-electron chi connectivity index (χ3n) is 2.77. The highest BCUT2D eigenvalue weighted by Gasteiger charge is 2.27. The Morgan fingerprint density at radius 1 is 1.50 bits per heavy atom. The molecule has 3 heteroatoms. The van der Waals surface area contributed by atoms with Gasteiger partial charge in [0.25, 0.3) is 0 Å². The Morgan fingerprint density at radius 3 is 2.64 bits per heavy atom. The molecule has 2 unspecified atom stereocenters. The molecule has 1 rings (SSSR count). The molecule has 1 amide bonds. The molecule has 0 aliphatic carbocycles. The maximum atomic E-state index is 11.8. The number of hydrogen-bond donors (Lipinski definition) is 0. The first-order chi connectivity index (χ1) is 6.54. The van der Waals surface area contributed by atoms with Gasteiger partial charge in [0.1, 0.15) is 0 Å². The zero-order valence-electron chi connectivity index (χ0n) is 9.29. The molecule has 0 aromatic heterocycles. The van der Waals surface area contributed by atoms with Crippen LogP contribution in [0.25, 0.3) is 0 Å². The fraction of sp³-hybridized carbons (Fsp3) is 0.909. The second-order valence-electron chi connectivity index (χ2n) is 4.76. The van der Waals surface area contributed by atoms with Gasteiger partial charge in [-0.15, -0.1) is 0 Å². The Hall–Kier alpha value is -0.0500. The van der Waals surface area contributed by atoms with Crippen LogP contribution in [0.4, 0.5) is 0 Å². The molecule has 0 aromatic rings. The van der Waals surface area contributed by atoms with Crippen molar-refractivity contribution >= 4 is 21.8 Å². The Morgan fingerprint density at radius 2 is 2.14 bits per heavy atom. The molecule has 2 nitrogen and oxygen atoms in total. The molecule has 1 aliphatic heterocycles. The summed E-state index contributed by atoms with van der Waals surface area (Å²) in [5.41, 5.74) is 0. The summed E-state index contributed by atoms with van der Waals surface area (Å²) in [7, 11) is 0. The zero-order valence-corrected chi connectivity index (χ0v) is 10.9. The predicted molar refractivity (Wildman–Crippen MR) is 62.5 cm³/mol. The average molecular weight is 262 g/mol. The number of halogens is 1. The van der Waals surface area contributed by atoms with Crippen LogP contribution in [0.3, 0.4) is 0 Å². The molecule has 2 atom stereocenters. The van der Waals surface area contributed by atoms with Gasteiger partial charge in [-0.3, -0.25) is 4.79 Å². The van der Waals surface area contributed by atoms with Gasteiger partial charge >= 0.3 is 0 Å². The molecule has 0 bridgehead atoms. The molecular weight excluding hydrogens is 242 g/mol. The third kappa shape index (κ3) is 2.97. The van der Waals surface area contributed by atoms with E-state index in [0.29, 0.717) is 17.7 Å². The van der Waals surface area contributed by atoms with Crippen LogP contribution in [0.2, 0.25) is 0 Å². The van der Waals surface area contributed by atoms with Gasteiger partial charge in [-0.25, -0.2) is 0 Å². The molecule has 1 aliphatic rings. The van der Waals surface area contributed by atoms with Gasteiger partial charge in [0.05, 0.1) is 0 Å². The summed E-state index contributed by atoms with van der Waals surface area (Å²) < 4.78 is 0. The van der Waals surface area contributed by atoms with Crippen LogP contribution < -0.4 is 0 Å². The Balaban J connectivity index is 2.57. The number of rotatable bonds is 2. The van der Waals surface area contributed by atoms with Crippen LogP contribution in [-0.2, 0) is 4.79 Å². The van der Waals surface area contributed by atoms with Crippen LogP contribution in [0, 0.1) is 17.8 Å². The van der Waals surface area contributed by atoms with Crippen molar-refractivity contribution in [2.75, 3.05) is 18.4 Å². The standard InChI is InChI=1S/C11H20BrNO/c1-8(2)11(14)13-6-9(3)4-10(5-12)7-13/h8-10H,4-7H2,1-3H3. The number of carbonyl (C=O) groups is 1. The molecule has 1 saturated heterocycles. The van der Waals surface area contributed by atoms with E-state index in [1.54, 1.807) is 0 Å². The van der Waals surface area contributed by atoms with E-state index in [1.807, 2.05) is 18.7 Å². The maximum Gasteiger partial charge on any atom is 0.225 e. The summed E-state index contributed by atoms with van der Waals surface area (Å²) in [6.07, 6.45) is 1.24. The van der Waals surface area contributed by atoms with Crippen molar-refractivity contribution in [1.82, 2.24) is 4.90 Å². The predicted octanol–water partition coefficient (Wildman–Crippen LogP) is 2.52. The first kappa shape index (κ1) is 12.0. The van der Waals surface area contributed by atoms with E-state index < -0.39 is 0 Å². The minimum absolute atomic E-state index is 0.135. The van der Waals surface area contributed by atoms with E-state index in [-0.39, 0.29) is 5.92 Å². The van der Waals surface area contributed by atoms with Gasteiger partial charge in [-0.05, 0) is 18.3 Å². The quantitative estimate of drug-likeness (QED) is 0.700. The van der Waals surface area contributed by atoms with Crippen LogP contribution in [0.1, 0.15) is 27.2 Å². The van der Waals surface area contributed by atoms with Crippen molar-refractivity contribution in [1.29, 1.82) is 0 Å². The van der Waals surface area contributed by atoms with E-state index in [1.165, 1.54) is 6.42 Å². The first-order valence-electron chi connectivity index (χ1n) is 5.39. The molecular formula is C11H20BrNO. The second-order valence-corrected chi connectivity index (χ2v) is 5.41. The number of hydrogen-bond acceptors (Lipinski definition) is 1. The van der Waals surface area contributed by atoms with Crippen molar-refractivity contribution in [2.24, 2.45) is 17.8 Å². The number of carbonyl (C=O) groups excluding carboxylic acids is 1. The summed E-state index contributed by atoms with van der Waals surface area (Å²) in [6, 6.07) is 0. The molecule has 0 aromatic carbocycles. The molecule has 0 saturated carbocycles. The zero-order chi connectivity index (χ0) is 10.7. The lowest BCUT2D eigenvalue weighted by molar-refractivity contribution is -0.137. The number of likely N-dealkylation sites (tertiary alicyclic amines) is 1. The molecule has 1 fully saturated rings. The van der Waals surface area contributed by atoms with Gasteiger partial charge in [-0.2, -0.15) is 0 Å². The Labute approximate surface area is 95.2 Å². The second kappa shape index (κ2) is 5.15. The molecule has 0 radical (unpaired) electrons. The van der Waals surface area contributed by atoms with Gasteiger partial charge in [-0.1, -0.05) is 36.7 Å². The normalized spacial score (nSPS) is 28.2. The van der Waals surface area contributed by atoms with Crippen LogP contribution in [-0.4, -0.2) is 29.2 Å². The summed E-state index contributed by atoms with van der Waals surface area (Å²) in [5, 5.41) is 1.01. The highest BCUT2D eigenvalue weighted by molar-refractivity contribution is 9.09. The molecule has 1 heterocycles. The van der Waals surface area contributed by atoms with Crippen LogP contribution >= 0.6 is 15.9 Å². The van der Waals surface area contributed by atoms with Gasteiger partial charge in [0.15, 0.2) is 0 Å². The lowest BCUT2D eigenvalue weighted by Gasteiger charge is -2.36. The highest BCUT2D eigenvalue weighted by Crippen LogP contribution is 2.23. The Kier molecular flexibility index (Phi) is 4.42. The van der Waals surface area contributed by atoms with Crippen molar-refractivity contribution in [3.05, 3.63) is 0 Å². The fourth-order valence-corrected chi connectivity index (χ4v) is 2.61. The van der Waals surface area contributed by atoms with Crippen molar-refractivity contribution in [2.45, 2.75) is 27.2 Å². The summed E-state index contributed by atoms with van der Waals surface area (Å²) in [5.74, 6) is 1.73. The topological polar surface area (TPSA) is 20.3 Å². The summed E-state index contributed by atoms with van der Waals surface area (Å²) in [6.45, 7) is 8.07. The minimum atomic E-state index is 0.135. The summed E-state index contributed by atoms with van der Waals surface area (Å²) >= 11 is 3.51. The van der Waals surface area contributed by atoms with Crippen LogP contribution in [0.15, 0.2) is 0 Å². The largest absolute Gasteiger partial charge is 0.342 e. The lowest BCUT2D eigenvalue weighted by Crippen LogP contribution is -2.45. The number of alkyl halides is 1. The van der Waals surface area contributed by atoms with E-state index in [0.717, 1.165) is 18.4 Å². The molecule has 82 valence electrons. The average Bonchev–Trinajstić information content (AvgIpc) is 2.15. The number of nitrogens with zero attached hydrogens (tertiary/aromatic N) is 1. The lowest BCUT2D eigenvalue weighted by atomic mass is 9.91. The van der Waals surface area contributed by atoms with Crippen molar-refractivity contribution in [3.63, 3.8) is 0 Å². The van der Waals surface area contributed by atoms with Crippen molar-refractivity contribution in [3.8, 4) is 0 Å². The molecule has 0 spiro atoms. The fourth-order valence-electron chi connectivity index (χ4n) is 2.14. The summed E-state index contributed by atoms with van der Waals surface area (Å²) in [4.78, 5) is 13.8. The highest BCUT2D eigenvalue weighted by atomic mass is 79.9. The van der Waals surface area contributed by atoms with E-state index in [9.17, 15) is 4.79 Å². The first-order valence-corrected chi connectivity index (χ1v) is 6.51. The molecule has 0 N–H and O–H groups in total. The van der Waals surface area contributed by atoms with E-state index >= 15 is 0 Å². The molecule has 14 heavy (non-hydrogen) atoms. The van der Waals surface area contributed by atoms with Gasteiger partial charge in [0, 0.05) is 24.3 Å². The number of amides is 1. The SMILES string of the molecule is CC1CC(CBr)CN(C(=O)C(C)C)C1. The van der Waals surface area contributed by atoms with Gasteiger partial charge < -0.3 is 4.90 Å². The maximum absolute atomic E-state index is 11.8. The van der Waals surface area contributed by atoms with Gasteiger partial charge in [0.2, 0.25) is 5.91 Å². The van der Waals surface area contributed by atoms with Crippen LogP contribution in [0.5, 0.6) is 0 Å². The Bertz CT molecular complexity index is 205. The number of piperidine rings is 1. The monoisotopic (exact) mass is 261 g/mol. The van der Waals surface area contributed by atoms with E-state index in [2.05, 4.69) is 22.9 Å².